The van der Waals surface area contributed by atoms with Crippen molar-refractivity contribution in [3.63, 3.8) is 0 Å². The molecule has 0 fully saturated rings. The molecule has 0 aliphatic heterocycles. The van der Waals surface area contributed by atoms with Gasteiger partial charge in [0, 0.05) is 12.6 Å². The SMILES string of the molecule is CNc1nc(-c2ccc(F)cc2Cl)nc(C)c1Br. The fraction of sp³-hybridized carbons (Fsp3) is 0.167. The molecule has 0 saturated carbocycles. The lowest BCUT2D eigenvalue weighted by atomic mass is 10.2. The van der Waals surface area contributed by atoms with E-state index >= 15 is 0 Å². The summed E-state index contributed by atoms with van der Waals surface area (Å²) in [6, 6.07) is 4.15. The van der Waals surface area contributed by atoms with Gasteiger partial charge in [-0.1, -0.05) is 11.6 Å². The minimum atomic E-state index is -0.383. The second kappa shape index (κ2) is 5.20. The molecular formula is C12H10BrClFN3. The molecule has 3 nitrogen and oxygen atoms in total. The van der Waals surface area contributed by atoms with Crippen molar-refractivity contribution in [2.24, 2.45) is 0 Å². The Balaban J connectivity index is 2.60. The summed E-state index contributed by atoms with van der Waals surface area (Å²) in [7, 11) is 1.77. The topological polar surface area (TPSA) is 37.8 Å². The van der Waals surface area contributed by atoms with Crippen LogP contribution in [0.1, 0.15) is 5.69 Å². The van der Waals surface area contributed by atoms with Gasteiger partial charge in [-0.3, -0.25) is 0 Å². The van der Waals surface area contributed by atoms with E-state index in [1.54, 1.807) is 13.1 Å². The van der Waals surface area contributed by atoms with Crippen LogP contribution in [0.25, 0.3) is 11.4 Å². The first-order chi connectivity index (χ1) is 8.52. The van der Waals surface area contributed by atoms with Crippen LogP contribution in [0.4, 0.5) is 10.2 Å². The number of hydrogen-bond donors (Lipinski definition) is 1. The van der Waals surface area contributed by atoms with Crippen LogP contribution >= 0.6 is 27.5 Å². The van der Waals surface area contributed by atoms with Crippen molar-refractivity contribution in [3.05, 3.63) is 39.2 Å². The van der Waals surface area contributed by atoms with Crippen LogP contribution in [0.15, 0.2) is 22.7 Å². The lowest BCUT2D eigenvalue weighted by molar-refractivity contribution is 0.628. The maximum atomic E-state index is 13.0. The summed E-state index contributed by atoms with van der Waals surface area (Å²) in [6.45, 7) is 1.85. The molecule has 2 aromatic rings. The largest absolute Gasteiger partial charge is 0.372 e. The molecule has 2 rings (SSSR count). The van der Waals surface area contributed by atoms with Crippen molar-refractivity contribution in [1.82, 2.24) is 9.97 Å². The van der Waals surface area contributed by atoms with Gasteiger partial charge in [-0.2, -0.15) is 0 Å². The highest BCUT2D eigenvalue weighted by Gasteiger charge is 2.12. The first-order valence-electron chi connectivity index (χ1n) is 5.20. The average molecular weight is 331 g/mol. The Labute approximate surface area is 118 Å². The minimum absolute atomic E-state index is 0.291. The second-order valence-corrected chi connectivity index (χ2v) is 4.87. The predicted molar refractivity (Wildman–Crippen MR) is 74.4 cm³/mol. The van der Waals surface area contributed by atoms with E-state index < -0.39 is 0 Å². The maximum absolute atomic E-state index is 13.0. The van der Waals surface area contributed by atoms with Crippen molar-refractivity contribution >= 4 is 33.3 Å². The summed E-state index contributed by atoms with van der Waals surface area (Å²) >= 11 is 9.40. The molecule has 0 unspecified atom stereocenters. The molecule has 94 valence electrons. The second-order valence-electron chi connectivity index (χ2n) is 3.67. The molecule has 1 N–H and O–H groups in total. The van der Waals surface area contributed by atoms with Crippen LogP contribution in [0.2, 0.25) is 5.02 Å². The summed E-state index contributed by atoms with van der Waals surface area (Å²) in [5.74, 6) is 0.745. The van der Waals surface area contributed by atoms with Gasteiger partial charge in [-0.15, -0.1) is 0 Å². The summed E-state index contributed by atoms with van der Waals surface area (Å²) in [4.78, 5) is 8.67. The van der Waals surface area contributed by atoms with E-state index in [4.69, 9.17) is 11.6 Å². The highest BCUT2D eigenvalue weighted by molar-refractivity contribution is 9.10. The third-order valence-electron chi connectivity index (χ3n) is 2.43. The summed E-state index contributed by atoms with van der Waals surface area (Å²) in [5.41, 5.74) is 1.38. The fourth-order valence-electron chi connectivity index (χ4n) is 1.52. The smallest absolute Gasteiger partial charge is 0.163 e. The van der Waals surface area contributed by atoms with E-state index in [1.165, 1.54) is 12.1 Å². The molecule has 1 aromatic heterocycles. The van der Waals surface area contributed by atoms with Gasteiger partial charge in [-0.25, -0.2) is 14.4 Å². The van der Waals surface area contributed by atoms with Gasteiger partial charge >= 0.3 is 0 Å². The molecule has 0 bridgehead atoms. The first-order valence-corrected chi connectivity index (χ1v) is 6.37. The van der Waals surface area contributed by atoms with Gasteiger partial charge in [0.25, 0.3) is 0 Å². The number of aryl methyl sites for hydroxylation is 1. The molecule has 6 heteroatoms. The molecule has 0 saturated heterocycles. The zero-order valence-electron chi connectivity index (χ0n) is 9.76. The standard InChI is InChI=1S/C12H10BrClFN3/c1-6-10(13)12(16-2)18-11(17-6)8-4-3-7(15)5-9(8)14/h3-5H,1-2H3,(H,16,17,18). The molecule has 0 aliphatic carbocycles. The maximum Gasteiger partial charge on any atom is 0.163 e. The van der Waals surface area contributed by atoms with Crippen LogP contribution in [0, 0.1) is 12.7 Å². The van der Waals surface area contributed by atoms with Gasteiger partial charge in [0.1, 0.15) is 11.6 Å². The average Bonchev–Trinajstić information content (AvgIpc) is 2.32. The molecular weight excluding hydrogens is 321 g/mol. The molecule has 0 radical (unpaired) electrons. The van der Waals surface area contributed by atoms with Crippen LogP contribution in [0.5, 0.6) is 0 Å². The Kier molecular flexibility index (Phi) is 3.82. The Hall–Kier alpha value is -1.20. The Morgan fingerprint density at radius 1 is 1.33 bits per heavy atom. The fourth-order valence-corrected chi connectivity index (χ4v) is 2.14. The normalized spacial score (nSPS) is 10.5. The Morgan fingerprint density at radius 2 is 2.06 bits per heavy atom. The van der Waals surface area contributed by atoms with Crippen LogP contribution in [-0.4, -0.2) is 17.0 Å². The van der Waals surface area contributed by atoms with Crippen molar-refractivity contribution in [2.45, 2.75) is 6.92 Å². The number of rotatable bonds is 2. The van der Waals surface area contributed by atoms with Gasteiger partial charge in [0.2, 0.25) is 0 Å². The number of benzene rings is 1. The molecule has 0 atom stereocenters. The van der Waals surface area contributed by atoms with E-state index in [1.807, 2.05) is 6.92 Å². The third-order valence-corrected chi connectivity index (χ3v) is 3.69. The van der Waals surface area contributed by atoms with Crippen LogP contribution in [-0.2, 0) is 0 Å². The first kappa shape index (κ1) is 13.2. The lowest BCUT2D eigenvalue weighted by Gasteiger charge is -2.09. The monoisotopic (exact) mass is 329 g/mol. The zero-order valence-corrected chi connectivity index (χ0v) is 12.1. The number of hydrogen-bond acceptors (Lipinski definition) is 3. The Morgan fingerprint density at radius 3 is 2.67 bits per heavy atom. The summed E-state index contributed by atoms with van der Waals surface area (Å²) in [5, 5.41) is 3.25. The third kappa shape index (κ3) is 2.47. The summed E-state index contributed by atoms with van der Waals surface area (Å²) < 4.78 is 13.8. The summed E-state index contributed by atoms with van der Waals surface area (Å²) in [6.07, 6.45) is 0. The quantitative estimate of drug-likeness (QED) is 0.902. The molecule has 0 spiro atoms. The Bertz CT molecular complexity index is 604. The molecule has 1 heterocycles. The molecule has 0 aliphatic rings. The number of nitrogens with one attached hydrogen (secondary N) is 1. The van der Waals surface area contributed by atoms with Gasteiger partial charge in [-0.05, 0) is 41.1 Å². The van der Waals surface area contributed by atoms with Crippen LogP contribution in [0.3, 0.4) is 0 Å². The number of nitrogens with zero attached hydrogens (tertiary/aromatic N) is 2. The van der Waals surface area contributed by atoms with Crippen molar-refractivity contribution in [1.29, 1.82) is 0 Å². The van der Waals surface area contributed by atoms with Crippen molar-refractivity contribution < 1.29 is 4.39 Å². The highest BCUT2D eigenvalue weighted by Crippen LogP contribution is 2.30. The molecule has 0 amide bonds. The number of halogens is 3. The van der Waals surface area contributed by atoms with E-state index in [-0.39, 0.29) is 5.82 Å². The van der Waals surface area contributed by atoms with Gasteiger partial charge < -0.3 is 5.32 Å². The predicted octanol–water partition coefficient (Wildman–Crippen LogP) is 4.05. The van der Waals surface area contributed by atoms with Crippen LogP contribution < -0.4 is 5.32 Å². The van der Waals surface area contributed by atoms with Gasteiger partial charge in [0.15, 0.2) is 5.82 Å². The number of anilines is 1. The highest BCUT2D eigenvalue weighted by atomic mass is 79.9. The number of aromatic nitrogens is 2. The van der Waals surface area contributed by atoms with E-state index in [9.17, 15) is 4.39 Å². The molecule has 18 heavy (non-hydrogen) atoms. The van der Waals surface area contributed by atoms with Gasteiger partial charge in [0.05, 0.1) is 15.2 Å². The molecule has 1 aromatic carbocycles. The van der Waals surface area contributed by atoms with E-state index in [2.05, 4.69) is 31.2 Å². The zero-order chi connectivity index (χ0) is 13.3. The minimum Gasteiger partial charge on any atom is -0.372 e. The van der Waals surface area contributed by atoms with E-state index in [0.717, 1.165) is 10.2 Å². The van der Waals surface area contributed by atoms with Crippen molar-refractivity contribution in [2.75, 3.05) is 12.4 Å². The van der Waals surface area contributed by atoms with E-state index in [0.29, 0.717) is 22.2 Å². The van der Waals surface area contributed by atoms with Crippen molar-refractivity contribution in [3.8, 4) is 11.4 Å². The lowest BCUT2D eigenvalue weighted by Crippen LogP contribution is -2.01.